The first kappa shape index (κ1) is 40.6. The summed E-state index contributed by atoms with van der Waals surface area (Å²) in [6.07, 6.45) is -1.21. The van der Waals surface area contributed by atoms with Crippen molar-refractivity contribution in [2.45, 2.75) is 24.4 Å². The third-order valence-electron chi connectivity index (χ3n) is 5.41. The van der Waals surface area contributed by atoms with Crippen LogP contribution in [0.1, 0.15) is 16.7 Å². The maximum Gasteiger partial charge on any atom is 0.111 e. The Hall–Kier alpha value is -4.37. The summed E-state index contributed by atoms with van der Waals surface area (Å²) in [5, 5.41) is 52.2. The van der Waals surface area contributed by atoms with Gasteiger partial charge in [0.05, 0.1) is 13.2 Å². The normalized spacial score (nSPS) is 11.9. The van der Waals surface area contributed by atoms with Crippen LogP contribution in [0.2, 0.25) is 0 Å². The van der Waals surface area contributed by atoms with Gasteiger partial charge in [-0.1, -0.05) is 0 Å². The number of benzene rings is 3. The molecule has 0 fully saturated rings. The Kier molecular flexibility index (Phi) is 22.6. The summed E-state index contributed by atoms with van der Waals surface area (Å²) in [6, 6.07) is 21.2. The third-order valence-corrected chi connectivity index (χ3v) is 5.41. The maximum absolute atomic E-state index is 9.89. The average molecular weight is 620 g/mol. The maximum atomic E-state index is 9.89. The van der Waals surface area contributed by atoms with Crippen molar-refractivity contribution >= 4 is 40.3 Å². The smallest absolute Gasteiger partial charge is 0.111 e. The van der Waals surface area contributed by atoms with Crippen molar-refractivity contribution in [3.8, 4) is 17.2 Å². The van der Waals surface area contributed by atoms with Crippen LogP contribution in [0, 0.1) is 0 Å². The van der Waals surface area contributed by atoms with Gasteiger partial charge in [-0.15, -0.1) is 0 Å². The Morgan fingerprint density at radius 1 is 0.511 bits per heavy atom. The van der Waals surface area contributed by atoms with Gasteiger partial charge in [-0.25, -0.2) is 0 Å². The molecule has 0 aliphatic heterocycles. The Labute approximate surface area is 263 Å². The number of aliphatic hydroxyl groups excluding tert-OH is 6. The zero-order valence-corrected chi connectivity index (χ0v) is 24.4. The molecular formula is C30H35B3O12. The van der Waals surface area contributed by atoms with Crippen molar-refractivity contribution in [1.29, 1.82) is 0 Å². The van der Waals surface area contributed by atoms with Gasteiger partial charge < -0.3 is 30.6 Å². The molecule has 3 aromatic carbocycles. The van der Waals surface area contributed by atoms with Gasteiger partial charge in [-0.3, -0.25) is 0 Å². The molecule has 15 heteroatoms. The quantitative estimate of drug-likeness (QED) is 0.142. The number of hydrogen-bond donors (Lipinski definition) is 6. The van der Waals surface area contributed by atoms with E-state index in [1.54, 1.807) is 54.6 Å². The van der Waals surface area contributed by atoms with Gasteiger partial charge in [0.1, 0.15) is 24.4 Å². The Balaban J connectivity index is 0.000000574. The topological polar surface area (TPSA) is 200 Å². The molecule has 3 aromatic rings. The van der Waals surface area contributed by atoms with Crippen LogP contribution in [-0.2, 0) is 14.1 Å². The summed E-state index contributed by atoms with van der Waals surface area (Å²) >= 11 is 0. The van der Waals surface area contributed by atoms with Crippen LogP contribution >= 0.6 is 0 Å². The first-order chi connectivity index (χ1) is 21.6. The standard InChI is InChI=1S/3C8H7BO2.C6H14O6/c3*1-2-7-3-5-8(6-4-7)11-9-10;7-1-3(9)5(11)6(12)4(10)2-8/h3*2-6H,1H2;3-12H,1-2H2/t;;;3-,4-,5-,6-/m...1/s1. The van der Waals surface area contributed by atoms with Crippen molar-refractivity contribution in [2.75, 3.05) is 13.2 Å². The van der Waals surface area contributed by atoms with Crippen LogP contribution in [0.5, 0.6) is 17.2 Å². The predicted octanol–water partition coefficient (Wildman–Crippen LogP) is 1.43. The Morgan fingerprint density at radius 3 is 0.889 bits per heavy atom. The first-order valence-corrected chi connectivity index (χ1v) is 13.1. The molecule has 0 heterocycles. The minimum Gasteiger partial charge on any atom is -0.394 e. The van der Waals surface area contributed by atoms with Crippen LogP contribution in [0.15, 0.2) is 92.5 Å². The molecule has 0 aliphatic carbocycles. The van der Waals surface area contributed by atoms with Gasteiger partial charge in [0.15, 0.2) is 0 Å². The van der Waals surface area contributed by atoms with Gasteiger partial charge in [0.25, 0.3) is 0 Å². The van der Waals surface area contributed by atoms with Crippen molar-refractivity contribution in [2.24, 2.45) is 0 Å². The van der Waals surface area contributed by atoms with Crippen LogP contribution < -0.4 is 14.0 Å². The number of hydrogen-bond acceptors (Lipinski definition) is 12. The van der Waals surface area contributed by atoms with Crippen LogP contribution in [-0.4, -0.2) is 90.3 Å². The molecule has 0 aliphatic rings. The molecule has 3 rings (SSSR count). The van der Waals surface area contributed by atoms with Crippen molar-refractivity contribution in [3.63, 3.8) is 0 Å². The number of aliphatic hydroxyl groups is 6. The minimum absolute atomic E-state index is 0.406. The molecule has 4 atom stereocenters. The van der Waals surface area contributed by atoms with Crippen molar-refractivity contribution < 1.29 is 58.7 Å². The molecular weight excluding hydrogens is 585 g/mol. The molecule has 12 nitrogen and oxygen atoms in total. The molecule has 45 heavy (non-hydrogen) atoms. The minimum atomic E-state index is -1.67. The van der Waals surface area contributed by atoms with E-state index in [9.17, 15) is 14.1 Å². The molecule has 0 radical (unpaired) electrons. The average Bonchev–Trinajstić information content (AvgIpc) is 3.09. The fourth-order valence-corrected chi connectivity index (χ4v) is 2.89. The van der Waals surface area contributed by atoms with E-state index in [-0.39, 0.29) is 0 Å². The van der Waals surface area contributed by atoms with Gasteiger partial charge in [0.2, 0.25) is 0 Å². The van der Waals surface area contributed by atoms with Crippen LogP contribution in [0.3, 0.4) is 0 Å². The van der Waals surface area contributed by atoms with E-state index in [2.05, 4.69) is 33.7 Å². The largest absolute Gasteiger partial charge is 0.394 e. The van der Waals surface area contributed by atoms with Crippen molar-refractivity contribution in [1.82, 2.24) is 0 Å². The van der Waals surface area contributed by atoms with Gasteiger partial charge in [-0.2, -0.15) is 0 Å². The molecule has 0 saturated carbocycles. The molecule has 236 valence electrons. The zero-order valence-electron chi connectivity index (χ0n) is 24.4. The zero-order chi connectivity index (χ0) is 34.0. The summed E-state index contributed by atoms with van der Waals surface area (Å²) in [5.74, 6) is 1.64. The molecule has 0 aromatic heterocycles. The summed E-state index contributed by atoms with van der Waals surface area (Å²) in [4.78, 5) is 0. The summed E-state index contributed by atoms with van der Waals surface area (Å²) in [5.41, 5.74) is 3.01. The van der Waals surface area contributed by atoms with Gasteiger partial charge in [0, 0.05) is 0 Å². The van der Waals surface area contributed by atoms with Gasteiger partial charge in [-0.05, 0) is 0 Å². The van der Waals surface area contributed by atoms with E-state index in [1.807, 2.05) is 36.4 Å². The second-order valence-electron chi connectivity index (χ2n) is 8.44. The van der Waals surface area contributed by atoms with E-state index in [1.165, 1.54) is 0 Å². The molecule has 0 spiro atoms. The predicted molar refractivity (Wildman–Crippen MR) is 169 cm³/mol. The second-order valence-corrected chi connectivity index (χ2v) is 8.44. The fourth-order valence-electron chi connectivity index (χ4n) is 2.89. The molecule has 6 N–H and O–H groups in total. The van der Waals surface area contributed by atoms with E-state index >= 15 is 0 Å². The van der Waals surface area contributed by atoms with E-state index < -0.39 is 37.6 Å². The molecule has 0 bridgehead atoms. The second kappa shape index (κ2) is 25.0. The van der Waals surface area contributed by atoms with Crippen molar-refractivity contribution in [3.05, 3.63) is 109 Å². The fraction of sp³-hybridized carbons (Fsp3) is 0.200. The Morgan fingerprint density at radius 2 is 0.733 bits per heavy atom. The van der Waals surface area contributed by atoms with Crippen LogP contribution in [0.25, 0.3) is 18.2 Å². The SMILES string of the molecule is C=Cc1ccc(OB=O)cc1.C=Cc1ccc(OB=O)cc1.C=Cc1ccc(OB=O)cc1.OC[C@@H](O)[C@@H](O)[C@H](O)[C@H](O)CO. The van der Waals surface area contributed by atoms with E-state index in [0.717, 1.165) is 16.7 Å². The molecule has 0 saturated heterocycles. The third kappa shape index (κ3) is 17.5. The number of rotatable bonds is 14. The van der Waals surface area contributed by atoms with E-state index in [4.69, 9.17) is 30.6 Å². The monoisotopic (exact) mass is 620 g/mol. The van der Waals surface area contributed by atoms with Crippen LogP contribution in [0.4, 0.5) is 0 Å². The first-order valence-electron chi connectivity index (χ1n) is 13.1. The van der Waals surface area contributed by atoms with Gasteiger partial charge >= 0.3 is 195 Å². The van der Waals surface area contributed by atoms with E-state index in [0.29, 0.717) is 39.3 Å². The summed E-state index contributed by atoms with van der Waals surface area (Å²) in [6.45, 7) is 9.34. The summed E-state index contributed by atoms with van der Waals surface area (Å²) < 4.78 is 43.4. The Bertz CT molecular complexity index is 1120. The summed E-state index contributed by atoms with van der Waals surface area (Å²) in [7, 11) is 1.22. The molecule has 0 unspecified atom stereocenters. The molecule has 0 amide bonds.